The smallest absolute Gasteiger partial charge is 0.128 e. The molecule has 0 bridgehead atoms. The zero-order chi connectivity index (χ0) is 14.5. The summed E-state index contributed by atoms with van der Waals surface area (Å²) in [4.78, 5) is 2.68. The van der Waals surface area contributed by atoms with Crippen molar-refractivity contribution in [1.29, 1.82) is 0 Å². The van der Waals surface area contributed by atoms with Crippen molar-refractivity contribution in [1.82, 2.24) is 5.32 Å². The Morgan fingerprint density at radius 2 is 1.95 bits per heavy atom. The highest BCUT2D eigenvalue weighted by molar-refractivity contribution is 9.10. The molecule has 1 aromatic carbocycles. The summed E-state index contributed by atoms with van der Waals surface area (Å²) in [6.07, 6.45) is 1.88. The first kappa shape index (κ1) is 15.7. The van der Waals surface area contributed by atoms with Gasteiger partial charge in [-0.3, -0.25) is 0 Å². The van der Waals surface area contributed by atoms with Gasteiger partial charge in [-0.05, 0) is 43.3 Å². The molecule has 2 rings (SSSR count). The Hall–Kier alpha value is -0.710. The van der Waals surface area contributed by atoms with E-state index in [1.807, 2.05) is 17.4 Å². The molecule has 0 spiro atoms. The first-order valence-corrected chi connectivity index (χ1v) is 8.50. The zero-order valence-electron chi connectivity index (χ0n) is 11.7. The van der Waals surface area contributed by atoms with Gasteiger partial charge in [0.15, 0.2) is 0 Å². The van der Waals surface area contributed by atoms with Gasteiger partial charge in [-0.2, -0.15) is 0 Å². The fourth-order valence-corrected chi connectivity index (χ4v) is 3.63. The number of hydrogen-bond acceptors (Lipinski definition) is 2. The SMILES string of the molecule is CCNC(Cc1ccc(CC)s1)c1cc(Br)ccc1F. The number of likely N-dealkylation sites (N-methyl/N-ethyl adjacent to an activating group) is 1. The van der Waals surface area contributed by atoms with E-state index in [2.05, 4.69) is 47.2 Å². The van der Waals surface area contributed by atoms with Crippen molar-refractivity contribution in [2.24, 2.45) is 0 Å². The van der Waals surface area contributed by atoms with Gasteiger partial charge in [-0.1, -0.05) is 29.8 Å². The summed E-state index contributed by atoms with van der Waals surface area (Å²) < 4.78 is 15.0. The number of thiophene rings is 1. The second-order valence-electron chi connectivity index (χ2n) is 4.70. The van der Waals surface area contributed by atoms with Gasteiger partial charge in [-0.15, -0.1) is 11.3 Å². The maximum absolute atomic E-state index is 14.1. The highest BCUT2D eigenvalue weighted by atomic mass is 79.9. The average Bonchev–Trinajstić information content (AvgIpc) is 2.89. The Balaban J connectivity index is 2.23. The molecule has 1 heterocycles. The third kappa shape index (κ3) is 3.90. The first-order chi connectivity index (χ1) is 9.63. The predicted octanol–water partition coefficient (Wildman–Crippen LogP) is 5.11. The van der Waals surface area contributed by atoms with Crippen LogP contribution in [0.15, 0.2) is 34.8 Å². The lowest BCUT2D eigenvalue weighted by molar-refractivity contribution is 0.512. The monoisotopic (exact) mass is 355 g/mol. The van der Waals surface area contributed by atoms with Gasteiger partial charge in [0.05, 0.1) is 0 Å². The molecule has 0 aliphatic rings. The quantitative estimate of drug-likeness (QED) is 0.759. The molecule has 1 atom stereocenters. The number of aryl methyl sites for hydroxylation is 1. The van der Waals surface area contributed by atoms with Crippen LogP contribution >= 0.6 is 27.3 Å². The number of benzene rings is 1. The molecule has 1 aromatic heterocycles. The standard InChI is InChI=1S/C16H19BrFNS/c1-3-12-6-7-13(20-12)10-16(19-4-2)14-9-11(17)5-8-15(14)18/h5-9,16,19H,3-4,10H2,1-2H3. The molecule has 0 radical (unpaired) electrons. The van der Waals surface area contributed by atoms with Gasteiger partial charge in [-0.25, -0.2) is 4.39 Å². The molecule has 1 N–H and O–H groups in total. The maximum Gasteiger partial charge on any atom is 0.128 e. The van der Waals surface area contributed by atoms with Crippen LogP contribution in [0.4, 0.5) is 4.39 Å². The molecule has 1 unspecified atom stereocenters. The summed E-state index contributed by atoms with van der Waals surface area (Å²) >= 11 is 5.24. The van der Waals surface area contributed by atoms with Crippen molar-refractivity contribution in [2.45, 2.75) is 32.7 Å². The van der Waals surface area contributed by atoms with E-state index >= 15 is 0 Å². The molecule has 2 aromatic rings. The van der Waals surface area contributed by atoms with Crippen LogP contribution in [-0.2, 0) is 12.8 Å². The molecular formula is C16H19BrFNS. The van der Waals surface area contributed by atoms with Crippen molar-refractivity contribution in [3.8, 4) is 0 Å². The third-order valence-electron chi connectivity index (χ3n) is 3.26. The van der Waals surface area contributed by atoms with Crippen molar-refractivity contribution >= 4 is 27.3 Å². The van der Waals surface area contributed by atoms with Crippen molar-refractivity contribution in [2.75, 3.05) is 6.54 Å². The van der Waals surface area contributed by atoms with E-state index in [0.29, 0.717) is 0 Å². The third-order valence-corrected chi connectivity index (χ3v) is 5.00. The summed E-state index contributed by atoms with van der Waals surface area (Å²) in [5.41, 5.74) is 0.729. The van der Waals surface area contributed by atoms with Gasteiger partial charge in [0.25, 0.3) is 0 Å². The highest BCUT2D eigenvalue weighted by Crippen LogP contribution is 2.27. The molecule has 0 aliphatic carbocycles. The van der Waals surface area contributed by atoms with Gasteiger partial charge in [0.1, 0.15) is 5.82 Å². The Morgan fingerprint density at radius 1 is 1.20 bits per heavy atom. The molecule has 0 amide bonds. The Kier molecular flexibility index (Phi) is 5.75. The topological polar surface area (TPSA) is 12.0 Å². The average molecular weight is 356 g/mol. The normalized spacial score (nSPS) is 12.6. The number of hydrogen-bond donors (Lipinski definition) is 1. The van der Waals surface area contributed by atoms with Crippen LogP contribution < -0.4 is 5.32 Å². The van der Waals surface area contributed by atoms with Crippen LogP contribution in [0, 0.1) is 5.82 Å². The van der Waals surface area contributed by atoms with Gasteiger partial charge in [0.2, 0.25) is 0 Å². The Bertz CT molecular complexity index is 567. The fourth-order valence-electron chi connectivity index (χ4n) is 2.24. The summed E-state index contributed by atoms with van der Waals surface area (Å²) in [7, 11) is 0. The molecular weight excluding hydrogens is 337 g/mol. The summed E-state index contributed by atoms with van der Waals surface area (Å²) in [5.74, 6) is -0.147. The van der Waals surface area contributed by atoms with E-state index in [9.17, 15) is 4.39 Å². The van der Waals surface area contributed by atoms with Crippen molar-refractivity contribution in [3.05, 3.63) is 55.9 Å². The van der Waals surface area contributed by atoms with E-state index in [-0.39, 0.29) is 11.9 Å². The molecule has 108 valence electrons. The predicted molar refractivity (Wildman–Crippen MR) is 87.9 cm³/mol. The Labute approximate surface area is 132 Å². The molecule has 1 nitrogen and oxygen atoms in total. The van der Waals surface area contributed by atoms with Crippen molar-refractivity contribution < 1.29 is 4.39 Å². The molecule has 0 fully saturated rings. The number of nitrogens with one attached hydrogen (secondary N) is 1. The van der Waals surface area contributed by atoms with Crippen LogP contribution in [0.5, 0.6) is 0 Å². The summed E-state index contributed by atoms with van der Waals surface area (Å²) in [6.45, 7) is 5.03. The van der Waals surface area contributed by atoms with E-state index in [1.165, 1.54) is 15.8 Å². The van der Waals surface area contributed by atoms with Gasteiger partial charge >= 0.3 is 0 Å². The maximum atomic E-state index is 14.1. The minimum Gasteiger partial charge on any atom is -0.310 e. The number of rotatable bonds is 6. The minimum atomic E-state index is -0.147. The summed E-state index contributed by atoms with van der Waals surface area (Å²) in [6, 6.07) is 9.47. The highest BCUT2D eigenvalue weighted by Gasteiger charge is 2.16. The van der Waals surface area contributed by atoms with Crippen LogP contribution in [0.2, 0.25) is 0 Å². The zero-order valence-corrected chi connectivity index (χ0v) is 14.2. The second-order valence-corrected chi connectivity index (χ2v) is 6.87. The molecule has 0 saturated carbocycles. The second kappa shape index (κ2) is 7.34. The van der Waals surface area contributed by atoms with Gasteiger partial charge < -0.3 is 5.32 Å². The van der Waals surface area contributed by atoms with Crippen molar-refractivity contribution in [3.63, 3.8) is 0 Å². The molecule has 4 heteroatoms. The molecule has 0 aliphatic heterocycles. The van der Waals surface area contributed by atoms with Crippen LogP contribution in [-0.4, -0.2) is 6.54 Å². The summed E-state index contributed by atoms with van der Waals surface area (Å²) in [5, 5.41) is 3.39. The Morgan fingerprint density at radius 3 is 2.60 bits per heavy atom. The van der Waals surface area contributed by atoms with E-state index in [1.54, 1.807) is 6.07 Å². The van der Waals surface area contributed by atoms with E-state index in [0.717, 1.165) is 29.4 Å². The largest absolute Gasteiger partial charge is 0.310 e. The van der Waals surface area contributed by atoms with E-state index in [4.69, 9.17) is 0 Å². The van der Waals surface area contributed by atoms with Crippen LogP contribution in [0.1, 0.15) is 35.2 Å². The van der Waals surface area contributed by atoms with Crippen LogP contribution in [0.25, 0.3) is 0 Å². The molecule has 20 heavy (non-hydrogen) atoms. The lowest BCUT2D eigenvalue weighted by Gasteiger charge is -2.18. The minimum absolute atomic E-state index is 0.0147. The molecule has 0 saturated heterocycles. The fraction of sp³-hybridized carbons (Fsp3) is 0.375. The van der Waals surface area contributed by atoms with Crippen LogP contribution in [0.3, 0.4) is 0 Å². The first-order valence-electron chi connectivity index (χ1n) is 6.90. The number of halogens is 2. The van der Waals surface area contributed by atoms with Gasteiger partial charge in [0, 0.05) is 32.3 Å². The lowest BCUT2D eigenvalue weighted by atomic mass is 10.0. The lowest BCUT2D eigenvalue weighted by Crippen LogP contribution is -2.23. The van der Waals surface area contributed by atoms with E-state index < -0.39 is 0 Å².